The predicted octanol–water partition coefficient (Wildman–Crippen LogP) is 1.57. The molecule has 100 valence electrons. The van der Waals surface area contributed by atoms with Gasteiger partial charge in [-0.1, -0.05) is 0 Å². The molecule has 1 aromatic rings. The Kier molecular flexibility index (Phi) is 2.84. The highest BCUT2D eigenvalue weighted by molar-refractivity contribution is 6.29. The van der Waals surface area contributed by atoms with Gasteiger partial charge in [-0.15, -0.1) is 0 Å². The second-order valence-electron chi connectivity index (χ2n) is 4.65. The Bertz CT molecular complexity index is 578. The number of benzene rings is 1. The van der Waals surface area contributed by atoms with E-state index in [1.165, 1.54) is 13.8 Å². The molecule has 7 heteroatoms. The summed E-state index contributed by atoms with van der Waals surface area (Å²) in [4.78, 5) is 35.8. The van der Waals surface area contributed by atoms with E-state index in [0.717, 1.165) is 12.1 Å². The third-order valence-electron chi connectivity index (χ3n) is 2.83. The molecule has 1 aliphatic rings. The Morgan fingerprint density at radius 1 is 1.05 bits per heavy atom. The van der Waals surface area contributed by atoms with Crippen LogP contribution in [0.4, 0.5) is 19.3 Å². The van der Waals surface area contributed by atoms with Crippen molar-refractivity contribution in [2.45, 2.75) is 13.8 Å². The first kappa shape index (κ1) is 13.1. The van der Waals surface area contributed by atoms with Crippen molar-refractivity contribution in [1.82, 2.24) is 5.32 Å². The summed E-state index contributed by atoms with van der Waals surface area (Å²) >= 11 is 0. The van der Waals surface area contributed by atoms with Gasteiger partial charge in [0.2, 0.25) is 11.8 Å². The molecular weight excluding hydrogens is 258 g/mol. The minimum atomic E-state index is -1.49. The number of carbonyl (C=O) groups is 3. The van der Waals surface area contributed by atoms with Crippen molar-refractivity contribution in [2.75, 3.05) is 4.90 Å². The SMILES string of the molecule is CC1(C)C(=O)NC(=O)N(c2cc(F)cc(F)c2)C1=O. The Hall–Kier alpha value is -2.31. The van der Waals surface area contributed by atoms with Gasteiger partial charge in [-0.05, 0) is 26.0 Å². The van der Waals surface area contributed by atoms with Crippen molar-refractivity contribution in [3.05, 3.63) is 29.8 Å². The van der Waals surface area contributed by atoms with Crippen LogP contribution in [0.2, 0.25) is 0 Å². The van der Waals surface area contributed by atoms with Gasteiger partial charge in [0.1, 0.15) is 17.0 Å². The van der Waals surface area contributed by atoms with Crippen LogP contribution in [0.3, 0.4) is 0 Å². The third-order valence-corrected chi connectivity index (χ3v) is 2.83. The Balaban J connectivity index is 2.51. The lowest BCUT2D eigenvalue weighted by Gasteiger charge is -2.34. The molecule has 19 heavy (non-hydrogen) atoms. The standard InChI is InChI=1S/C12H10F2N2O3/c1-12(2)9(17)15-11(19)16(10(12)18)8-4-6(13)3-7(14)5-8/h3-5H,1-2H3,(H,15,17,19). The van der Waals surface area contributed by atoms with Crippen LogP contribution in [-0.4, -0.2) is 17.8 Å². The monoisotopic (exact) mass is 268 g/mol. The fourth-order valence-electron chi connectivity index (χ4n) is 1.68. The van der Waals surface area contributed by atoms with Crippen molar-refractivity contribution < 1.29 is 23.2 Å². The summed E-state index contributed by atoms with van der Waals surface area (Å²) in [6.07, 6.45) is 0. The number of barbiturate groups is 1. The Morgan fingerprint density at radius 3 is 2.11 bits per heavy atom. The number of rotatable bonds is 1. The summed E-state index contributed by atoms with van der Waals surface area (Å²) in [6.45, 7) is 2.64. The van der Waals surface area contributed by atoms with E-state index in [1.807, 2.05) is 5.32 Å². The van der Waals surface area contributed by atoms with Crippen molar-refractivity contribution in [2.24, 2.45) is 5.41 Å². The maximum Gasteiger partial charge on any atom is 0.335 e. The highest BCUT2D eigenvalue weighted by Crippen LogP contribution is 2.28. The minimum Gasteiger partial charge on any atom is -0.276 e. The first-order valence-electron chi connectivity index (χ1n) is 5.39. The number of urea groups is 1. The van der Waals surface area contributed by atoms with Gasteiger partial charge in [0.15, 0.2) is 0 Å². The number of imide groups is 2. The molecule has 1 aromatic carbocycles. The number of hydrogen-bond donors (Lipinski definition) is 1. The van der Waals surface area contributed by atoms with Crippen molar-refractivity contribution in [3.8, 4) is 0 Å². The van der Waals surface area contributed by atoms with Gasteiger partial charge in [0.25, 0.3) is 0 Å². The Labute approximate surface area is 107 Å². The average Bonchev–Trinajstić information content (AvgIpc) is 2.25. The summed E-state index contributed by atoms with van der Waals surface area (Å²) in [5.74, 6) is -3.45. The maximum absolute atomic E-state index is 13.1. The van der Waals surface area contributed by atoms with E-state index in [-0.39, 0.29) is 5.69 Å². The van der Waals surface area contributed by atoms with Gasteiger partial charge in [-0.3, -0.25) is 14.9 Å². The molecule has 4 amide bonds. The molecule has 1 heterocycles. The van der Waals surface area contributed by atoms with Crippen molar-refractivity contribution >= 4 is 23.5 Å². The van der Waals surface area contributed by atoms with Gasteiger partial charge < -0.3 is 0 Å². The molecule has 2 rings (SSSR count). The molecule has 0 radical (unpaired) electrons. The number of amides is 4. The van der Waals surface area contributed by atoms with Crippen LogP contribution in [0.1, 0.15) is 13.8 Å². The molecule has 1 fully saturated rings. The summed E-state index contributed by atoms with van der Waals surface area (Å²) in [5.41, 5.74) is -1.75. The quantitative estimate of drug-likeness (QED) is 0.786. The van der Waals surface area contributed by atoms with E-state index in [9.17, 15) is 23.2 Å². The summed E-state index contributed by atoms with van der Waals surface area (Å²) in [5, 5.41) is 1.97. The molecule has 1 aliphatic heterocycles. The molecule has 0 unspecified atom stereocenters. The number of anilines is 1. The molecule has 0 aromatic heterocycles. The van der Waals surface area contributed by atoms with Crippen molar-refractivity contribution in [3.63, 3.8) is 0 Å². The lowest BCUT2D eigenvalue weighted by atomic mass is 9.88. The topological polar surface area (TPSA) is 66.5 Å². The van der Waals surface area contributed by atoms with Gasteiger partial charge in [0, 0.05) is 6.07 Å². The molecular formula is C12H10F2N2O3. The second-order valence-corrected chi connectivity index (χ2v) is 4.65. The zero-order chi connectivity index (χ0) is 14.4. The molecule has 0 saturated carbocycles. The van der Waals surface area contributed by atoms with Crippen LogP contribution < -0.4 is 10.2 Å². The predicted molar refractivity (Wildman–Crippen MR) is 61.2 cm³/mol. The second kappa shape index (κ2) is 4.11. The van der Waals surface area contributed by atoms with Crippen LogP contribution in [0, 0.1) is 17.0 Å². The number of nitrogens with zero attached hydrogens (tertiary/aromatic N) is 1. The first-order chi connectivity index (χ1) is 8.73. The molecule has 0 atom stereocenters. The third kappa shape index (κ3) is 2.07. The zero-order valence-electron chi connectivity index (χ0n) is 10.2. The van der Waals surface area contributed by atoms with E-state index >= 15 is 0 Å². The van der Waals surface area contributed by atoms with Crippen LogP contribution >= 0.6 is 0 Å². The molecule has 0 aliphatic carbocycles. The van der Waals surface area contributed by atoms with E-state index in [4.69, 9.17) is 0 Å². The number of hydrogen-bond acceptors (Lipinski definition) is 3. The maximum atomic E-state index is 13.1. The molecule has 0 bridgehead atoms. The minimum absolute atomic E-state index is 0.263. The number of nitrogens with one attached hydrogen (secondary N) is 1. The molecule has 1 N–H and O–H groups in total. The van der Waals surface area contributed by atoms with Gasteiger partial charge in [-0.2, -0.15) is 0 Å². The largest absolute Gasteiger partial charge is 0.335 e. The summed E-state index contributed by atoms with van der Waals surface area (Å²) in [7, 11) is 0. The van der Waals surface area contributed by atoms with E-state index in [1.54, 1.807) is 0 Å². The van der Waals surface area contributed by atoms with Gasteiger partial charge in [0.05, 0.1) is 5.69 Å². The fraction of sp³-hybridized carbons (Fsp3) is 0.250. The fourth-order valence-corrected chi connectivity index (χ4v) is 1.68. The van der Waals surface area contributed by atoms with Gasteiger partial charge >= 0.3 is 6.03 Å². The molecule has 0 spiro atoms. The van der Waals surface area contributed by atoms with Crippen molar-refractivity contribution in [1.29, 1.82) is 0 Å². The number of halogens is 2. The van der Waals surface area contributed by atoms with E-state index in [2.05, 4.69) is 0 Å². The van der Waals surface area contributed by atoms with Crippen LogP contribution in [0.15, 0.2) is 18.2 Å². The highest BCUT2D eigenvalue weighted by atomic mass is 19.1. The zero-order valence-corrected chi connectivity index (χ0v) is 10.2. The van der Waals surface area contributed by atoms with Crippen LogP contribution in [0.5, 0.6) is 0 Å². The Morgan fingerprint density at radius 2 is 1.58 bits per heavy atom. The lowest BCUT2D eigenvalue weighted by molar-refractivity contribution is -0.140. The van der Waals surface area contributed by atoms with E-state index in [0.29, 0.717) is 11.0 Å². The highest BCUT2D eigenvalue weighted by Gasteiger charge is 2.47. The lowest BCUT2D eigenvalue weighted by Crippen LogP contribution is -2.62. The normalized spacial score (nSPS) is 18.5. The number of carbonyl (C=O) groups excluding carboxylic acids is 3. The van der Waals surface area contributed by atoms with E-state index < -0.39 is 34.9 Å². The van der Waals surface area contributed by atoms with Crippen LogP contribution in [0.25, 0.3) is 0 Å². The summed E-state index contributed by atoms with van der Waals surface area (Å²) < 4.78 is 26.3. The van der Waals surface area contributed by atoms with Gasteiger partial charge in [-0.25, -0.2) is 18.5 Å². The van der Waals surface area contributed by atoms with Crippen LogP contribution in [-0.2, 0) is 9.59 Å². The molecule has 1 saturated heterocycles. The molecule has 5 nitrogen and oxygen atoms in total. The summed E-state index contributed by atoms with van der Waals surface area (Å²) in [6, 6.07) is 1.27. The smallest absolute Gasteiger partial charge is 0.276 e. The first-order valence-corrected chi connectivity index (χ1v) is 5.39. The average molecular weight is 268 g/mol.